The van der Waals surface area contributed by atoms with Gasteiger partial charge in [0.25, 0.3) is 11.5 Å². The van der Waals surface area contributed by atoms with Crippen LogP contribution in [-0.4, -0.2) is 45.9 Å². The van der Waals surface area contributed by atoms with Crippen LogP contribution in [0, 0.1) is 18.7 Å². The number of aryl methyl sites for hydroxylation is 1. The van der Waals surface area contributed by atoms with Gasteiger partial charge in [0.15, 0.2) is 0 Å². The molecule has 0 aliphatic carbocycles. The largest absolute Gasteiger partial charge is 0.466 e. The predicted octanol–water partition coefficient (Wildman–Crippen LogP) is 3.73. The fourth-order valence-electron chi connectivity index (χ4n) is 4.67. The summed E-state index contributed by atoms with van der Waals surface area (Å²) in [6.45, 7) is 4.86. The summed E-state index contributed by atoms with van der Waals surface area (Å²) < 4.78 is 20.0. The Bertz CT molecular complexity index is 1250. The lowest BCUT2D eigenvalue weighted by Crippen LogP contribution is -2.42. The van der Waals surface area contributed by atoms with Gasteiger partial charge in [0.05, 0.1) is 13.0 Å². The Kier molecular flexibility index (Phi) is 7.05. The van der Waals surface area contributed by atoms with Gasteiger partial charge in [0, 0.05) is 25.5 Å². The van der Waals surface area contributed by atoms with Crippen molar-refractivity contribution in [3.05, 3.63) is 81.7 Å². The topological polar surface area (TPSA) is 81.0 Å². The van der Waals surface area contributed by atoms with Crippen molar-refractivity contribution < 1.29 is 18.7 Å². The molecule has 0 radical (unpaired) electrons. The average molecular weight is 466 g/mol. The molecular formula is C26H28FN3O4. The van der Waals surface area contributed by atoms with E-state index in [1.807, 2.05) is 13.0 Å². The van der Waals surface area contributed by atoms with Gasteiger partial charge in [0.1, 0.15) is 17.0 Å². The first-order valence-corrected chi connectivity index (χ1v) is 11.6. The molecule has 3 aromatic rings. The number of piperidine rings is 1. The lowest BCUT2D eigenvalue weighted by Gasteiger charge is -2.36. The number of rotatable bonds is 6. The number of benzene rings is 1. The van der Waals surface area contributed by atoms with Gasteiger partial charge >= 0.3 is 5.97 Å². The number of nitrogens with zero attached hydrogens (tertiary/aromatic N) is 3. The first-order valence-electron chi connectivity index (χ1n) is 11.6. The van der Waals surface area contributed by atoms with Crippen molar-refractivity contribution in [2.45, 2.75) is 39.0 Å². The van der Waals surface area contributed by atoms with E-state index in [1.165, 1.54) is 22.7 Å². The summed E-state index contributed by atoms with van der Waals surface area (Å²) in [5.41, 5.74) is 1.93. The van der Waals surface area contributed by atoms with Crippen LogP contribution in [0.15, 0.2) is 53.6 Å². The van der Waals surface area contributed by atoms with Crippen LogP contribution in [0.2, 0.25) is 0 Å². The molecule has 1 aromatic carbocycles. The molecule has 0 N–H and O–H groups in total. The maximum absolute atomic E-state index is 13.5. The van der Waals surface area contributed by atoms with Crippen LogP contribution >= 0.6 is 0 Å². The van der Waals surface area contributed by atoms with Crippen LogP contribution in [0.3, 0.4) is 0 Å². The molecule has 1 amide bonds. The standard InChI is InChI=1S/C26H28FN3O4/c1-3-34-24(31)14-21(18-5-7-20(27)8-6-18)19-10-12-29(13-11-19)25(32)22-15-28-23-9-4-17(2)16-30(23)26(22)33/h4-9,15-16,19,21H,3,10-14H2,1-2H3/t21-/m0/s1. The molecule has 0 saturated carbocycles. The van der Waals surface area contributed by atoms with Gasteiger partial charge in [-0.25, -0.2) is 9.37 Å². The first-order chi connectivity index (χ1) is 16.4. The molecule has 4 rings (SSSR count). The lowest BCUT2D eigenvalue weighted by molar-refractivity contribution is -0.144. The highest BCUT2D eigenvalue weighted by atomic mass is 19.1. The number of carbonyl (C=O) groups excluding carboxylic acids is 2. The highest BCUT2D eigenvalue weighted by Crippen LogP contribution is 2.36. The van der Waals surface area contributed by atoms with Crippen molar-refractivity contribution in [3.8, 4) is 0 Å². The highest BCUT2D eigenvalue weighted by molar-refractivity contribution is 5.93. The van der Waals surface area contributed by atoms with Gasteiger partial charge in [-0.2, -0.15) is 0 Å². The minimum absolute atomic E-state index is 0.0446. The molecule has 2 aromatic heterocycles. The second kappa shape index (κ2) is 10.2. The van der Waals surface area contributed by atoms with E-state index in [0.29, 0.717) is 38.2 Å². The summed E-state index contributed by atoms with van der Waals surface area (Å²) in [5, 5.41) is 0. The van der Waals surface area contributed by atoms with E-state index >= 15 is 0 Å². The quantitative estimate of drug-likeness (QED) is 0.518. The summed E-state index contributed by atoms with van der Waals surface area (Å²) >= 11 is 0. The minimum atomic E-state index is -0.382. The van der Waals surface area contributed by atoms with Crippen molar-refractivity contribution in [3.63, 3.8) is 0 Å². The van der Waals surface area contributed by atoms with Gasteiger partial charge in [0.2, 0.25) is 0 Å². The number of fused-ring (bicyclic) bond motifs is 1. The van der Waals surface area contributed by atoms with E-state index in [0.717, 1.165) is 11.1 Å². The van der Waals surface area contributed by atoms with Crippen molar-refractivity contribution in [1.82, 2.24) is 14.3 Å². The second-order valence-electron chi connectivity index (χ2n) is 8.71. The number of ether oxygens (including phenoxy) is 1. The maximum Gasteiger partial charge on any atom is 0.306 e. The SMILES string of the molecule is CCOC(=O)C[C@@H](c1ccc(F)cc1)C1CCN(C(=O)c2cnc3ccc(C)cn3c2=O)CC1. The van der Waals surface area contributed by atoms with Crippen LogP contribution in [0.5, 0.6) is 0 Å². The third kappa shape index (κ3) is 5.00. The smallest absolute Gasteiger partial charge is 0.306 e. The summed E-state index contributed by atoms with van der Waals surface area (Å²) in [6.07, 6.45) is 4.55. The van der Waals surface area contributed by atoms with Crippen molar-refractivity contribution >= 4 is 17.5 Å². The predicted molar refractivity (Wildman–Crippen MR) is 125 cm³/mol. The number of hydrogen-bond donors (Lipinski definition) is 0. The van der Waals surface area contributed by atoms with E-state index in [1.54, 1.807) is 36.2 Å². The number of halogens is 1. The van der Waals surface area contributed by atoms with Crippen LogP contribution < -0.4 is 5.56 Å². The monoisotopic (exact) mass is 465 g/mol. The Morgan fingerprint density at radius 1 is 1.15 bits per heavy atom. The zero-order chi connectivity index (χ0) is 24.2. The number of hydrogen-bond acceptors (Lipinski definition) is 5. The molecule has 3 heterocycles. The Balaban J connectivity index is 1.50. The number of aromatic nitrogens is 2. The molecular weight excluding hydrogens is 437 g/mol. The maximum atomic E-state index is 13.5. The zero-order valence-electron chi connectivity index (χ0n) is 19.4. The van der Waals surface area contributed by atoms with Gasteiger partial charge in [-0.15, -0.1) is 0 Å². The van der Waals surface area contributed by atoms with Gasteiger partial charge in [-0.1, -0.05) is 18.2 Å². The number of amides is 1. The molecule has 1 fully saturated rings. The summed E-state index contributed by atoms with van der Waals surface area (Å²) in [4.78, 5) is 44.3. The zero-order valence-corrected chi connectivity index (χ0v) is 19.4. The molecule has 0 unspecified atom stereocenters. The number of carbonyl (C=O) groups is 2. The van der Waals surface area contributed by atoms with Crippen molar-refractivity contribution in [2.75, 3.05) is 19.7 Å². The van der Waals surface area contributed by atoms with Crippen LogP contribution in [0.1, 0.15) is 53.6 Å². The normalized spacial score (nSPS) is 15.3. The van der Waals surface area contributed by atoms with Crippen LogP contribution in [0.4, 0.5) is 4.39 Å². The third-order valence-electron chi connectivity index (χ3n) is 6.47. The van der Waals surface area contributed by atoms with E-state index in [2.05, 4.69) is 4.98 Å². The number of likely N-dealkylation sites (tertiary alicyclic amines) is 1. The number of pyridine rings is 1. The Morgan fingerprint density at radius 3 is 2.53 bits per heavy atom. The Morgan fingerprint density at radius 2 is 1.85 bits per heavy atom. The highest BCUT2D eigenvalue weighted by Gasteiger charge is 2.32. The average Bonchev–Trinajstić information content (AvgIpc) is 2.84. The van der Waals surface area contributed by atoms with Gasteiger partial charge in [-0.3, -0.25) is 18.8 Å². The molecule has 0 spiro atoms. The molecule has 34 heavy (non-hydrogen) atoms. The third-order valence-corrected chi connectivity index (χ3v) is 6.47. The van der Waals surface area contributed by atoms with Crippen molar-refractivity contribution in [2.24, 2.45) is 5.92 Å². The summed E-state index contributed by atoms with van der Waals surface area (Å²) in [7, 11) is 0. The molecule has 178 valence electrons. The van der Waals surface area contributed by atoms with Crippen molar-refractivity contribution in [1.29, 1.82) is 0 Å². The molecule has 8 heteroatoms. The van der Waals surface area contributed by atoms with E-state index < -0.39 is 0 Å². The molecule has 0 bridgehead atoms. The molecule has 1 atom stereocenters. The van der Waals surface area contributed by atoms with E-state index in [-0.39, 0.29) is 47.1 Å². The lowest BCUT2D eigenvalue weighted by atomic mass is 9.78. The van der Waals surface area contributed by atoms with Crippen LogP contribution in [0.25, 0.3) is 5.65 Å². The molecule has 7 nitrogen and oxygen atoms in total. The molecule has 1 saturated heterocycles. The van der Waals surface area contributed by atoms with E-state index in [4.69, 9.17) is 4.74 Å². The number of esters is 1. The Hall–Kier alpha value is -3.55. The fraction of sp³-hybridized carbons (Fsp3) is 0.385. The minimum Gasteiger partial charge on any atom is -0.466 e. The second-order valence-corrected chi connectivity index (χ2v) is 8.71. The summed E-state index contributed by atoms with van der Waals surface area (Å²) in [6, 6.07) is 9.82. The van der Waals surface area contributed by atoms with Crippen LogP contribution in [-0.2, 0) is 9.53 Å². The Labute approximate surface area is 197 Å². The molecule has 1 aliphatic rings. The van der Waals surface area contributed by atoms with Gasteiger partial charge < -0.3 is 9.64 Å². The summed E-state index contributed by atoms with van der Waals surface area (Å²) in [5.74, 6) is -0.966. The fourth-order valence-corrected chi connectivity index (χ4v) is 4.67. The first kappa shape index (κ1) is 23.6. The van der Waals surface area contributed by atoms with Gasteiger partial charge in [-0.05, 0) is 67.9 Å². The van der Waals surface area contributed by atoms with E-state index in [9.17, 15) is 18.8 Å². The molecule has 1 aliphatic heterocycles.